The van der Waals surface area contributed by atoms with Gasteiger partial charge < -0.3 is 4.74 Å². The van der Waals surface area contributed by atoms with Crippen molar-refractivity contribution in [3.63, 3.8) is 0 Å². The Morgan fingerprint density at radius 1 is 1.53 bits per heavy atom. The van der Waals surface area contributed by atoms with E-state index in [2.05, 4.69) is 4.98 Å². The van der Waals surface area contributed by atoms with Gasteiger partial charge in [0.1, 0.15) is 22.4 Å². The first kappa shape index (κ1) is 11.8. The molecule has 0 amide bonds. The van der Waals surface area contributed by atoms with E-state index in [0.717, 1.165) is 5.01 Å². The summed E-state index contributed by atoms with van der Waals surface area (Å²) in [6.07, 6.45) is 1.69. The first-order valence-corrected chi connectivity index (χ1v) is 5.87. The Balaban J connectivity index is 2.07. The molecule has 2 aromatic rings. The van der Waals surface area contributed by atoms with E-state index in [0.29, 0.717) is 12.4 Å². The number of rotatable bonds is 4. The number of nitro groups is 1. The predicted octanol–water partition coefficient (Wildman–Crippen LogP) is 3.28. The second kappa shape index (κ2) is 5.11. The van der Waals surface area contributed by atoms with E-state index in [1.807, 2.05) is 5.38 Å². The third kappa shape index (κ3) is 2.92. The lowest BCUT2D eigenvalue weighted by Gasteiger charge is -2.04. The maximum absolute atomic E-state index is 10.5. The van der Waals surface area contributed by atoms with E-state index >= 15 is 0 Å². The number of hydrogen-bond acceptors (Lipinski definition) is 5. The fourth-order valence-electron chi connectivity index (χ4n) is 1.19. The van der Waals surface area contributed by atoms with Crippen LogP contribution in [0.4, 0.5) is 5.69 Å². The van der Waals surface area contributed by atoms with Crippen molar-refractivity contribution in [2.24, 2.45) is 0 Å². The van der Waals surface area contributed by atoms with Crippen LogP contribution in [-0.2, 0) is 6.61 Å². The largest absolute Gasteiger partial charge is 0.486 e. The van der Waals surface area contributed by atoms with E-state index in [9.17, 15) is 10.1 Å². The van der Waals surface area contributed by atoms with Gasteiger partial charge in [-0.2, -0.15) is 0 Å². The van der Waals surface area contributed by atoms with Gasteiger partial charge in [-0.1, -0.05) is 11.6 Å². The minimum atomic E-state index is -0.535. The first-order chi connectivity index (χ1) is 8.16. The van der Waals surface area contributed by atoms with Crippen LogP contribution < -0.4 is 4.74 Å². The summed E-state index contributed by atoms with van der Waals surface area (Å²) in [6, 6.07) is 4.25. The van der Waals surface area contributed by atoms with Crippen LogP contribution in [0.2, 0.25) is 5.02 Å². The summed E-state index contributed by atoms with van der Waals surface area (Å²) >= 11 is 7.23. The Labute approximate surface area is 106 Å². The summed E-state index contributed by atoms with van der Waals surface area (Å²) in [5, 5.41) is 13.3. The highest BCUT2D eigenvalue weighted by molar-refractivity contribution is 7.09. The molecule has 1 aromatic heterocycles. The molecular formula is C10H7ClN2O3S. The molecule has 17 heavy (non-hydrogen) atoms. The van der Waals surface area contributed by atoms with Crippen molar-refractivity contribution < 1.29 is 9.66 Å². The summed E-state index contributed by atoms with van der Waals surface area (Å²) in [5.41, 5.74) is -0.131. The van der Waals surface area contributed by atoms with E-state index in [-0.39, 0.29) is 10.7 Å². The molecule has 1 heterocycles. The van der Waals surface area contributed by atoms with Crippen LogP contribution in [0.15, 0.2) is 29.8 Å². The van der Waals surface area contributed by atoms with Gasteiger partial charge >= 0.3 is 0 Å². The maximum atomic E-state index is 10.5. The number of hydrogen-bond donors (Lipinski definition) is 0. The van der Waals surface area contributed by atoms with Crippen LogP contribution >= 0.6 is 22.9 Å². The second-order valence-corrected chi connectivity index (χ2v) is 4.47. The van der Waals surface area contributed by atoms with Gasteiger partial charge in [-0.15, -0.1) is 11.3 Å². The van der Waals surface area contributed by atoms with Gasteiger partial charge in [0.05, 0.1) is 4.92 Å². The predicted molar refractivity (Wildman–Crippen MR) is 64.6 cm³/mol. The zero-order valence-electron chi connectivity index (χ0n) is 8.50. The summed E-state index contributed by atoms with van der Waals surface area (Å²) in [5.74, 6) is 0.482. The summed E-state index contributed by atoms with van der Waals surface area (Å²) in [7, 11) is 0. The number of thiazole rings is 1. The van der Waals surface area contributed by atoms with Crippen molar-refractivity contribution >= 4 is 28.6 Å². The fraction of sp³-hybridized carbons (Fsp3) is 0.100. The van der Waals surface area contributed by atoms with E-state index in [1.165, 1.54) is 29.5 Å². The average Bonchev–Trinajstić information content (AvgIpc) is 2.78. The Morgan fingerprint density at radius 2 is 2.35 bits per heavy atom. The van der Waals surface area contributed by atoms with Gasteiger partial charge in [0.15, 0.2) is 0 Å². The minimum Gasteiger partial charge on any atom is -0.486 e. The molecule has 0 fully saturated rings. The van der Waals surface area contributed by atoms with E-state index in [1.54, 1.807) is 6.20 Å². The lowest BCUT2D eigenvalue weighted by atomic mass is 10.3. The number of halogens is 1. The third-order valence-corrected chi connectivity index (χ3v) is 3.02. The normalized spacial score (nSPS) is 10.2. The summed E-state index contributed by atoms with van der Waals surface area (Å²) < 4.78 is 5.41. The van der Waals surface area contributed by atoms with Crippen LogP contribution in [-0.4, -0.2) is 9.91 Å². The molecule has 0 atom stereocenters. The molecule has 2 rings (SSSR count). The van der Waals surface area contributed by atoms with Gasteiger partial charge in [0, 0.05) is 23.7 Å². The maximum Gasteiger partial charge on any atom is 0.288 e. The topological polar surface area (TPSA) is 65.3 Å². The average molecular weight is 271 g/mol. The first-order valence-electron chi connectivity index (χ1n) is 4.62. The van der Waals surface area contributed by atoms with Crippen LogP contribution in [0.3, 0.4) is 0 Å². The van der Waals surface area contributed by atoms with E-state index < -0.39 is 4.92 Å². The summed E-state index contributed by atoms with van der Waals surface area (Å²) in [6.45, 7) is 0.325. The SMILES string of the molecule is O=[N+]([O-])c1ccc(OCc2nccs2)cc1Cl. The van der Waals surface area contributed by atoms with Crippen molar-refractivity contribution in [3.05, 3.63) is 49.9 Å². The molecule has 0 N–H and O–H groups in total. The van der Waals surface area contributed by atoms with Crippen LogP contribution in [0.5, 0.6) is 5.75 Å². The van der Waals surface area contributed by atoms with Gasteiger partial charge in [0.2, 0.25) is 0 Å². The highest BCUT2D eigenvalue weighted by atomic mass is 35.5. The Bertz CT molecular complexity index is 530. The van der Waals surface area contributed by atoms with Crippen molar-refractivity contribution in [2.45, 2.75) is 6.61 Å². The number of ether oxygens (including phenoxy) is 1. The smallest absolute Gasteiger partial charge is 0.288 e. The minimum absolute atomic E-state index is 0.0617. The van der Waals surface area contributed by atoms with Crippen LogP contribution in [0.1, 0.15) is 5.01 Å². The number of aromatic nitrogens is 1. The standard InChI is InChI=1S/C10H7ClN2O3S/c11-8-5-7(1-2-9(8)13(14)15)16-6-10-12-3-4-17-10/h1-5H,6H2. The molecule has 0 aliphatic heterocycles. The van der Waals surface area contributed by atoms with Crippen molar-refractivity contribution in [1.82, 2.24) is 4.98 Å². The third-order valence-electron chi connectivity index (χ3n) is 1.96. The van der Waals surface area contributed by atoms with Gasteiger partial charge in [0.25, 0.3) is 5.69 Å². The zero-order valence-corrected chi connectivity index (χ0v) is 10.1. The zero-order chi connectivity index (χ0) is 12.3. The Morgan fingerprint density at radius 3 is 2.94 bits per heavy atom. The molecule has 0 bridgehead atoms. The number of nitrogens with zero attached hydrogens (tertiary/aromatic N) is 2. The Kier molecular flexibility index (Phi) is 3.55. The molecule has 0 aliphatic rings. The molecular weight excluding hydrogens is 264 g/mol. The van der Waals surface area contributed by atoms with E-state index in [4.69, 9.17) is 16.3 Å². The molecule has 0 aliphatic carbocycles. The molecule has 0 saturated carbocycles. The number of benzene rings is 1. The van der Waals surface area contributed by atoms with Gasteiger partial charge in [-0.25, -0.2) is 4.98 Å². The highest BCUT2D eigenvalue weighted by Crippen LogP contribution is 2.28. The molecule has 0 saturated heterocycles. The lowest BCUT2D eigenvalue weighted by Crippen LogP contribution is -1.95. The fourth-order valence-corrected chi connectivity index (χ4v) is 1.96. The van der Waals surface area contributed by atoms with Crippen molar-refractivity contribution in [2.75, 3.05) is 0 Å². The lowest BCUT2D eigenvalue weighted by molar-refractivity contribution is -0.384. The quantitative estimate of drug-likeness (QED) is 0.632. The van der Waals surface area contributed by atoms with Crippen LogP contribution in [0.25, 0.3) is 0 Å². The van der Waals surface area contributed by atoms with Crippen LogP contribution in [0, 0.1) is 10.1 Å². The second-order valence-electron chi connectivity index (χ2n) is 3.08. The molecule has 0 radical (unpaired) electrons. The van der Waals surface area contributed by atoms with Gasteiger partial charge in [-0.05, 0) is 6.07 Å². The number of nitro benzene ring substituents is 1. The van der Waals surface area contributed by atoms with Crippen molar-refractivity contribution in [3.8, 4) is 5.75 Å². The Hall–Kier alpha value is -1.66. The molecule has 7 heteroatoms. The summed E-state index contributed by atoms with van der Waals surface area (Å²) in [4.78, 5) is 14.1. The molecule has 88 valence electrons. The monoisotopic (exact) mass is 270 g/mol. The van der Waals surface area contributed by atoms with Gasteiger partial charge in [-0.3, -0.25) is 10.1 Å². The molecule has 5 nitrogen and oxygen atoms in total. The molecule has 0 unspecified atom stereocenters. The molecule has 1 aromatic carbocycles. The highest BCUT2D eigenvalue weighted by Gasteiger charge is 2.12. The molecule has 0 spiro atoms. The van der Waals surface area contributed by atoms with Crippen molar-refractivity contribution in [1.29, 1.82) is 0 Å².